The third kappa shape index (κ3) is 4.74. The predicted octanol–water partition coefficient (Wildman–Crippen LogP) is 4.22. The Bertz CT molecular complexity index is 454. The van der Waals surface area contributed by atoms with Gasteiger partial charge in [0, 0.05) is 17.1 Å². The molecular formula is C14H20BrNO3. The van der Waals surface area contributed by atoms with E-state index in [2.05, 4.69) is 15.9 Å². The molecule has 0 fully saturated rings. The number of anilines is 1. The molecule has 0 atom stereocenters. The quantitative estimate of drug-likeness (QED) is 0.833. The molecule has 0 unspecified atom stereocenters. The molecule has 4 nitrogen and oxygen atoms in total. The van der Waals surface area contributed by atoms with Crippen LogP contribution in [0.1, 0.15) is 27.7 Å². The van der Waals surface area contributed by atoms with Crippen LogP contribution in [-0.4, -0.2) is 25.3 Å². The average Bonchev–Trinajstić information content (AvgIpc) is 2.26. The second-order valence-corrected chi connectivity index (χ2v) is 5.99. The van der Waals surface area contributed by atoms with E-state index in [1.807, 2.05) is 39.8 Å². The van der Waals surface area contributed by atoms with E-state index in [0.717, 1.165) is 10.2 Å². The van der Waals surface area contributed by atoms with Gasteiger partial charge in [0.05, 0.1) is 12.8 Å². The average molecular weight is 330 g/mol. The lowest BCUT2D eigenvalue weighted by molar-refractivity contribution is 0.0582. The van der Waals surface area contributed by atoms with Crippen molar-refractivity contribution in [2.24, 2.45) is 0 Å². The summed E-state index contributed by atoms with van der Waals surface area (Å²) in [5.41, 5.74) is 0.226. The highest BCUT2D eigenvalue weighted by atomic mass is 79.9. The topological polar surface area (TPSA) is 38.8 Å². The summed E-state index contributed by atoms with van der Waals surface area (Å²) in [6.07, 6.45) is -0.366. The molecule has 0 spiro atoms. The smallest absolute Gasteiger partial charge is 0.414 e. The van der Waals surface area contributed by atoms with Crippen molar-refractivity contribution in [3.8, 4) is 5.75 Å². The summed E-state index contributed by atoms with van der Waals surface area (Å²) in [7, 11) is 1.59. The van der Waals surface area contributed by atoms with Crippen LogP contribution in [0.2, 0.25) is 0 Å². The molecule has 1 amide bonds. The Kier molecular flexibility index (Phi) is 5.23. The molecule has 0 aliphatic carbocycles. The van der Waals surface area contributed by atoms with Crippen LogP contribution in [0, 0.1) is 0 Å². The van der Waals surface area contributed by atoms with E-state index in [0.29, 0.717) is 12.3 Å². The van der Waals surface area contributed by atoms with Crippen molar-refractivity contribution in [3.05, 3.63) is 22.7 Å². The highest BCUT2D eigenvalue weighted by Gasteiger charge is 2.22. The summed E-state index contributed by atoms with van der Waals surface area (Å²) < 4.78 is 11.4. The molecule has 106 valence electrons. The first-order valence-electron chi connectivity index (χ1n) is 6.12. The second kappa shape index (κ2) is 6.28. The fourth-order valence-electron chi connectivity index (χ4n) is 1.56. The number of benzene rings is 1. The lowest BCUT2D eigenvalue weighted by Crippen LogP contribution is -2.36. The molecule has 0 saturated carbocycles. The molecule has 19 heavy (non-hydrogen) atoms. The molecular weight excluding hydrogens is 310 g/mol. The maximum absolute atomic E-state index is 12.1. The molecule has 5 heteroatoms. The highest BCUT2D eigenvalue weighted by Crippen LogP contribution is 2.28. The van der Waals surface area contributed by atoms with Gasteiger partial charge >= 0.3 is 6.09 Å². The van der Waals surface area contributed by atoms with Gasteiger partial charge in [-0.1, -0.05) is 15.9 Å². The van der Waals surface area contributed by atoms with Gasteiger partial charge in [0.2, 0.25) is 0 Å². The summed E-state index contributed by atoms with van der Waals surface area (Å²) in [5.74, 6) is 0.686. The minimum atomic E-state index is -0.513. The zero-order valence-electron chi connectivity index (χ0n) is 12.0. The van der Waals surface area contributed by atoms with Crippen LogP contribution in [-0.2, 0) is 4.74 Å². The Balaban J connectivity index is 3.03. The Labute approximate surface area is 122 Å². The lowest BCUT2D eigenvalue weighted by Gasteiger charge is -2.26. The second-order valence-electron chi connectivity index (χ2n) is 5.07. The zero-order chi connectivity index (χ0) is 14.6. The fourth-order valence-corrected chi connectivity index (χ4v) is 2.02. The van der Waals surface area contributed by atoms with Gasteiger partial charge in [-0.3, -0.25) is 4.90 Å². The zero-order valence-corrected chi connectivity index (χ0v) is 13.6. The molecule has 1 rings (SSSR count). The number of hydrogen-bond acceptors (Lipinski definition) is 3. The first-order valence-corrected chi connectivity index (χ1v) is 6.91. The molecule has 0 bridgehead atoms. The monoisotopic (exact) mass is 329 g/mol. The van der Waals surface area contributed by atoms with Crippen LogP contribution < -0.4 is 9.64 Å². The van der Waals surface area contributed by atoms with Crippen molar-refractivity contribution in [1.29, 1.82) is 0 Å². The van der Waals surface area contributed by atoms with Gasteiger partial charge in [0.1, 0.15) is 11.4 Å². The standard InChI is InChI=1S/C14H20BrNO3/c1-6-16(13(17)19-14(2,3)4)11-7-10(15)8-12(9-11)18-5/h7-9H,6H2,1-5H3. The fraction of sp³-hybridized carbons (Fsp3) is 0.500. The van der Waals surface area contributed by atoms with Crippen LogP contribution >= 0.6 is 15.9 Å². The van der Waals surface area contributed by atoms with Crippen LogP contribution in [0.4, 0.5) is 10.5 Å². The normalized spacial score (nSPS) is 11.1. The number of halogens is 1. The van der Waals surface area contributed by atoms with Crippen LogP contribution in [0.25, 0.3) is 0 Å². The molecule has 0 saturated heterocycles. The van der Waals surface area contributed by atoms with E-state index in [-0.39, 0.29) is 6.09 Å². The summed E-state index contributed by atoms with van der Waals surface area (Å²) in [5, 5.41) is 0. The maximum Gasteiger partial charge on any atom is 0.414 e. The minimum absolute atomic E-state index is 0.366. The number of nitrogens with zero attached hydrogens (tertiary/aromatic N) is 1. The van der Waals surface area contributed by atoms with Gasteiger partial charge < -0.3 is 9.47 Å². The Morgan fingerprint density at radius 3 is 2.42 bits per heavy atom. The molecule has 0 aliphatic heterocycles. The third-order valence-electron chi connectivity index (χ3n) is 2.33. The van der Waals surface area contributed by atoms with Crippen LogP contribution in [0.3, 0.4) is 0 Å². The molecule has 0 radical (unpaired) electrons. The third-order valence-corrected chi connectivity index (χ3v) is 2.79. The Hall–Kier alpha value is -1.23. The molecule has 1 aromatic carbocycles. The van der Waals surface area contributed by atoms with E-state index in [4.69, 9.17) is 9.47 Å². The van der Waals surface area contributed by atoms with Crippen LogP contribution in [0.15, 0.2) is 22.7 Å². The molecule has 0 aromatic heterocycles. The largest absolute Gasteiger partial charge is 0.497 e. The number of hydrogen-bond donors (Lipinski definition) is 0. The SMILES string of the molecule is CCN(C(=O)OC(C)(C)C)c1cc(Br)cc(OC)c1. The number of amides is 1. The number of carbonyl (C=O) groups excluding carboxylic acids is 1. The van der Waals surface area contributed by atoms with E-state index < -0.39 is 5.60 Å². The van der Waals surface area contributed by atoms with E-state index in [9.17, 15) is 4.79 Å². The Morgan fingerprint density at radius 1 is 1.32 bits per heavy atom. The van der Waals surface area contributed by atoms with Gasteiger partial charge in [-0.25, -0.2) is 4.79 Å². The first-order chi connectivity index (χ1) is 8.76. The molecule has 0 aliphatic rings. The van der Waals surface area contributed by atoms with Crippen molar-refractivity contribution < 1.29 is 14.3 Å². The van der Waals surface area contributed by atoms with E-state index in [1.165, 1.54) is 0 Å². The molecule has 1 aromatic rings. The van der Waals surface area contributed by atoms with Gasteiger partial charge in [0.15, 0.2) is 0 Å². The maximum atomic E-state index is 12.1. The van der Waals surface area contributed by atoms with Crippen molar-refractivity contribution in [2.45, 2.75) is 33.3 Å². The van der Waals surface area contributed by atoms with E-state index in [1.54, 1.807) is 18.1 Å². The van der Waals surface area contributed by atoms with E-state index >= 15 is 0 Å². The highest BCUT2D eigenvalue weighted by molar-refractivity contribution is 9.10. The molecule has 0 heterocycles. The predicted molar refractivity (Wildman–Crippen MR) is 79.9 cm³/mol. The Morgan fingerprint density at radius 2 is 1.95 bits per heavy atom. The van der Waals surface area contributed by atoms with Gasteiger partial charge in [-0.05, 0) is 39.8 Å². The summed E-state index contributed by atoms with van der Waals surface area (Å²) in [6, 6.07) is 5.50. The van der Waals surface area contributed by atoms with Gasteiger partial charge in [-0.2, -0.15) is 0 Å². The van der Waals surface area contributed by atoms with Crippen molar-refractivity contribution in [2.75, 3.05) is 18.6 Å². The van der Waals surface area contributed by atoms with Crippen molar-refractivity contribution in [3.63, 3.8) is 0 Å². The van der Waals surface area contributed by atoms with Crippen molar-refractivity contribution in [1.82, 2.24) is 0 Å². The first kappa shape index (κ1) is 15.8. The van der Waals surface area contributed by atoms with Gasteiger partial charge in [0.25, 0.3) is 0 Å². The number of ether oxygens (including phenoxy) is 2. The summed E-state index contributed by atoms with van der Waals surface area (Å²) >= 11 is 3.40. The van der Waals surface area contributed by atoms with Crippen molar-refractivity contribution >= 4 is 27.7 Å². The minimum Gasteiger partial charge on any atom is -0.497 e. The van der Waals surface area contributed by atoms with Gasteiger partial charge in [-0.15, -0.1) is 0 Å². The summed E-state index contributed by atoms with van der Waals surface area (Å²) in [6.45, 7) is 7.96. The number of methoxy groups -OCH3 is 1. The summed E-state index contributed by atoms with van der Waals surface area (Å²) in [4.78, 5) is 13.7. The number of rotatable bonds is 3. The van der Waals surface area contributed by atoms with Crippen LogP contribution in [0.5, 0.6) is 5.75 Å². The number of carbonyl (C=O) groups is 1. The lowest BCUT2D eigenvalue weighted by atomic mass is 10.2. The molecule has 0 N–H and O–H groups in total.